The van der Waals surface area contributed by atoms with Gasteiger partial charge in [-0.15, -0.1) is 0 Å². The van der Waals surface area contributed by atoms with Crippen LogP contribution in [0.5, 0.6) is 0 Å². The molecular weight excluding hydrogens is 2490 g/mol. The van der Waals surface area contributed by atoms with Crippen LogP contribution in [0.1, 0.15) is 0 Å². The van der Waals surface area contributed by atoms with Crippen LogP contribution in [0.4, 0.5) is 52.7 Å². The molecule has 9 rings (SSSR count). The normalized spacial score (nSPS) is 10.6. The molecule has 0 spiro atoms. The van der Waals surface area contributed by atoms with Gasteiger partial charge in [0.15, 0.2) is 69.8 Å². The molecule has 438 valence electrons. The van der Waals surface area contributed by atoms with Gasteiger partial charge in [-0.05, 0) is 208 Å². The van der Waals surface area contributed by atoms with Crippen molar-refractivity contribution in [1.29, 1.82) is 0 Å². The Balaban J connectivity index is 0.000000268. The van der Waals surface area contributed by atoms with Gasteiger partial charge >= 0.3 is 101 Å². The van der Waals surface area contributed by atoms with E-state index < -0.39 is 106 Å². The van der Waals surface area contributed by atoms with Gasteiger partial charge in [0.1, 0.15) is 46.4 Å². The summed E-state index contributed by atoms with van der Waals surface area (Å²) in [5, 5.41) is 8.57. The summed E-state index contributed by atoms with van der Waals surface area (Å²) < 4.78 is 148. The zero-order valence-corrected chi connectivity index (χ0v) is 69.0. The number of rotatable bonds is 6. The van der Waals surface area contributed by atoms with Crippen molar-refractivity contribution in [3.05, 3.63) is 273 Å². The SMILES string of the molecule is C[P+](c1ccccc1)(c1ccccc1)c1ccccc1.C[P+](c1ccccc1)(c1ccccc1)c1ccccc1.Fc1c(F)c(I)c(F)c(F)c1I.Fc1c(F)c(I)c(F)c(F)c1I.Fc1c(F)c(I)c(F)c(F)c1I.I[I-]I.I[I-]I. The molecule has 0 fully saturated rings. The van der Waals surface area contributed by atoms with Crippen molar-refractivity contribution in [2.75, 3.05) is 13.3 Å². The standard InChI is InChI=1S/2C19H18P.3C6F4I2.2I3/c2*1-20(17-11-5-2-6-12-17,18-13-7-3-8-14-18)19-15-9-4-10-16-19;3*7-1-2(8)6(12)4(10)3(9)5(1)11;2*1-3-2/h2*2-16H,1H3;;;;;/q2*+1;;;;2*-1. The third-order valence-electron chi connectivity index (χ3n) is 11.1. The number of hydrogen-bond donors (Lipinski definition) is 0. The molecule has 0 amide bonds. The summed E-state index contributed by atoms with van der Waals surface area (Å²) in [6, 6.07) is 65.3. The summed E-state index contributed by atoms with van der Waals surface area (Å²) in [5.74, 6) is -16.2. The summed E-state index contributed by atoms with van der Waals surface area (Å²) in [6.07, 6.45) is 0. The van der Waals surface area contributed by atoms with Crippen molar-refractivity contribution < 1.29 is 79.2 Å². The molecule has 9 aromatic rings. The molecule has 0 aromatic heterocycles. The zero-order chi connectivity index (χ0) is 61.5. The van der Waals surface area contributed by atoms with Crippen LogP contribution >= 0.6 is 225 Å². The van der Waals surface area contributed by atoms with Crippen LogP contribution in [0, 0.1) is 91.2 Å². The first-order chi connectivity index (χ1) is 38.9. The zero-order valence-electron chi connectivity index (χ0n) is 41.3. The number of halogens is 24. The monoisotopic (exact) mass is 2520 g/mol. The summed E-state index contributed by atoms with van der Waals surface area (Å²) >= 11 is 17.8. The van der Waals surface area contributed by atoms with E-state index in [0.717, 1.165) is 0 Å². The van der Waals surface area contributed by atoms with E-state index in [2.05, 4.69) is 270 Å². The van der Waals surface area contributed by atoms with Gasteiger partial charge < -0.3 is 0 Å². The molecule has 9 aromatic carbocycles. The van der Waals surface area contributed by atoms with Crippen molar-refractivity contribution in [2.45, 2.75) is 0 Å². The first-order valence-corrected chi connectivity index (χ1v) is 58.3. The fourth-order valence-electron chi connectivity index (χ4n) is 6.99. The molecule has 0 aliphatic carbocycles. The molecule has 26 heteroatoms. The van der Waals surface area contributed by atoms with Crippen molar-refractivity contribution in [3.8, 4) is 0 Å². The summed E-state index contributed by atoms with van der Waals surface area (Å²) in [6.45, 7) is 4.82. The van der Waals surface area contributed by atoms with Crippen molar-refractivity contribution >= 4 is 256 Å². The van der Waals surface area contributed by atoms with E-state index >= 15 is 0 Å². The van der Waals surface area contributed by atoms with Gasteiger partial charge in [0.05, 0.1) is 34.8 Å². The molecule has 0 unspecified atom stereocenters. The van der Waals surface area contributed by atoms with Crippen molar-refractivity contribution in [1.82, 2.24) is 0 Å². The predicted octanol–water partition coefficient (Wildman–Crippen LogP) is 15.1. The molecule has 0 radical (unpaired) electrons. The third kappa shape index (κ3) is 21.4. The summed E-state index contributed by atoms with van der Waals surface area (Å²) in [7, 11) is -3.05. The predicted molar refractivity (Wildman–Crippen MR) is 393 cm³/mol. The Bertz CT molecular complexity index is 2630. The quantitative estimate of drug-likeness (QED) is 0.0512. The van der Waals surface area contributed by atoms with Gasteiger partial charge in [0, 0.05) is 0 Å². The van der Waals surface area contributed by atoms with Gasteiger partial charge in [0.25, 0.3) is 0 Å². The Morgan fingerprint density at radius 2 is 0.305 bits per heavy atom. The molecule has 0 atom stereocenters. The van der Waals surface area contributed by atoms with Crippen molar-refractivity contribution in [2.24, 2.45) is 0 Å². The minimum atomic E-state index is -1.53. The van der Waals surface area contributed by atoms with Gasteiger partial charge in [-0.3, -0.25) is 0 Å². The molecule has 0 saturated heterocycles. The molecule has 0 heterocycles. The van der Waals surface area contributed by atoms with E-state index in [1.807, 2.05) is 0 Å². The van der Waals surface area contributed by atoms with Gasteiger partial charge in [-0.25, -0.2) is 52.7 Å². The second kappa shape index (κ2) is 39.9. The second-order valence-corrected chi connectivity index (χ2v) is 61.9. The molecule has 0 aliphatic heterocycles. The van der Waals surface area contributed by atoms with Crippen LogP contribution in [-0.2, 0) is 0 Å². The van der Waals surface area contributed by atoms with Crippen LogP contribution in [-0.4, -0.2) is 13.3 Å². The van der Waals surface area contributed by atoms with E-state index in [0.29, 0.717) is 26.5 Å². The maximum atomic E-state index is 12.6. The second-order valence-electron chi connectivity index (χ2n) is 15.8. The maximum absolute atomic E-state index is 12.6. The number of benzene rings is 9. The molecule has 0 aliphatic rings. The van der Waals surface area contributed by atoms with Gasteiger partial charge in [-0.2, -0.15) is 0 Å². The average Bonchev–Trinajstić information content (AvgIpc) is 3.56. The van der Waals surface area contributed by atoms with E-state index in [4.69, 9.17) is 0 Å². The van der Waals surface area contributed by atoms with Crippen LogP contribution in [0.3, 0.4) is 0 Å². The first kappa shape index (κ1) is 78.0. The molecule has 0 nitrogen and oxygen atoms in total. The van der Waals surface area contributed by atoms with E-state index in [-0.39, 0.29) is 0 Å². The molecule has 82 heavy (non-hydrogen) atoms. The molecule has 0 bridgehead atoms. The Morgan fingerprint density at radius 3 is 0.390 bits per heavy atom. The van der Waals surface area contributed by atoms with Gasteiger partial charge in [-0.1, -0.05) is 109 Å². The minimum absolute atomic E-state index is 0.530. The fourth-order valence-corrected chi connectivity index (χ4v) is 16.2. The summed E-state index contributed by atoms with van der Waals surface area (Å²) in [4.78, 5) is 0. The molecular formula is C56H36F12I12P2. The fraction of sp³-hybridized carbons (Fsp3) is 0.0357. The van der Waals surface area contributed by atoms with Crippen LogP contribution < -0.4 is 58.3 Å². The van der Waals surface area contributed by atoms with Crippen molar-refractivity contribution in [3.63, 3.8) is 0 Å². The summed E-state index contributed by atoms with van der Waals surface area (Å²) in [5.41, 5.74) is 0. The van der Waals surface area contributed by atoms with Crippen LogP contribution in [0.15, 0.2) is 182 Å². The Hall–Kier alpha value is 1.76. The van der Waals surface area contributed by atoms with E-state index in [1.54, 1.807) is 0 Å². The number of hydrogen-bond acceptors (Lipinski definition) is 0. The van der Waals surface area contributed by atoms with Crippen LogP contribution in [0.25, 0.3) is 0 Å². The van der Waals surface area contributed by atoms with Crippen LogP contribution in [0.2, 0.25) is 0 Å². The topological polar surface area (TPSA) is 0 Å². The first-order valence-electron chi connectivity index (χ1n) is 22.2. The molecule has 0 N–H and O–H groups in total. The Morgan fingerprint density at radius 1 is 0.220 bits per heavy atom. The molecule has 0 saturated carbocycles. The van der Waals surface area contributed by atoms with E-state index in [1.165, 1.54) is 167 Å². The third-order valence-corrected chi connectivity index (χ3v) is 24.8. The van der Waals surface area contributed by atoms with E-state index in [9.17, 15) is 52.7 Å². The Kier molecular flexibility index (Phi) is 37.9. The van der Waals surface area contributed by atoms with Gasteiger partial charge in [0.2, 0.25) is 0 Å². The Labute approximate surface area is 610 Å². The average molecular weight is 2520 g/mol.